The van der Waals surface area contributed by atoms with Crippen LogP contribution in [0, 0.1) is 0 Å². The molecule has 0 bridgehead atoms. The number of H-pyrrole nitrogens is 1. The van der Waals surface area contributed by atoms with Gasteiger partial charge in [-0.25, -0.2) is 4.98 Å². The second-order valence-electron chi connectivity index (χ2n) is 4.64. The van der Waals surface area contributed by atoms with Crippen molar-refractivity contribution in [1.29, 1.82) is 0 Å². The third-order valence-corrected chi connectivity index (χ3v) is 3.35. The molecule has 1 atom stereocenters. The Morgan fingerprint density at radius 2 is 2.20 bits per heavy atom. The monoisotopic (exact) mass is 295 g/mol. The highest BCUT2D eigenvalue weighted by molar-refractivity contribution is 7.11. The third kappa shape index (κ3) is 3.05. The van der Waals surface area contributed by atoms with Gasteiger partial charge in [0.25, 0.3) is 5.91 Å². The van der Waals surface area contributed by atoms with E-state index < -0.39 is 0 Å². The quantitative estimate of drug-likeness (QED) is 0.656. The van der Waals surface area contributed by atoms with Crippen LogP contribution in [0.4, 0.5) is 10.8 Å². The lowest BCUT2D eigenvalue weighted by Gasteiger charge is -2.13. The van der Waals surface area contributed by atoms with Crippen LogP contribution in [-0.4, -0.2) is 31.5 Å². The number of nitrogen functional groups attached to an aromatic ring is 1. The minimum Gasteiger partial charge on any atom is -0.382 e. The topological polar surface area (TPSA) is 122 Å². The Balaban J connectivity index is 2.18. The first kappa shape index (κ1) is 14.3. The zero-order chi connectivity index (χ0) is 14.7. The normalized spacial score (nSPS) is 12.4. The van der Waals surface area contributed by atoms with Crippen molar-refractivity contribution in [3.05, 3.63) is 17.7 Å². The Morgan fingerprint density at radius 1 is 1.45 bits per heavy atom. The number of amides is 1. The van der Waals surface area contributed by atoms with Crippen molar-refractivity contribution in [2.45, 2.75) is 32.9 Å². The van der Waals surface area contributed by atoms with E-state index in [-0.39, 0.29) is 23.8 Å². The smallest absolute Gasteiger partial charge is 0.258 e. The average molecular weight is 295 g/mol. The van der Waals surface area contributed by atoms with E-state index in [0.29, 0.717) is 16.4 Å². The molecule has 0 aliphatic rings. The fourth-order valence-corrected chi connectivity index (χ4v) is 2.44. The minimum atomic E-state index is -0.237. The Kier molecular flexibility index (Phi) is 4.18. The Hall–Kier alpha value is -2.16. The number of hydrogen-bond acceptors (Lipinski definition) is 7. The van der Waals surface area contributed by atoms with E-state index in [1.807, 2.05) is 20.8 Å². The first-order valence-electron chi connectivity index (χ1n) is 6.16. The van der Waals surface area contributed by atoms with Crippen molar-refractivity contribution < 1.29 is 4.79 Å². The summed E-state index contributed by atoms with van der Waals surface area (Å²) in [6.07, 6.45) is 1.43. The molecule has 2 aromatic rings. The second-order valence-corrected chi connectivity index (χ2v) is 5.41. The van der Waals surface area contributed by atoms with Gasteiger partial charge < -0.3 is 16.4 Å². The van der Waals surface area contributed by atoms with Crippen molar-refractivity contribution in [1.82, 2.24) is 24.9 Å². The molecule has 9 heteroatoms. The SMILES string of the molecule is CC(C)NC(=O)c1c(N)nsc1NC(C)c1ncn[nH]1. The van der Waals surface area contributed by atoms with Gasteiger partial charge in [0.15, 0.2) is 5.82 Å². The van der Waals surface area contributed by atoms with Crippen molar-refractivity contribution >= 4 is 28.3 Å². The van der Waals surface area contributed by atoms with Crippen LogP contribution in [0.1, 0.15) is 43.0 Å². The van der Waals surface area contributed by atoms with Gasteiger partial charge in [-0.3, -0.25) is 9.89 Å². The first-order valence-corrected chi connectivity index (χ1v) is 6.94. The van der Waals surface area contributed by atoms with Crippen molar-refractivity contribution in [3.8, 4) is 0 Å². The minimum absolute atomic E-state index is 0.0290. The van der Waals surface area contributed by atoms with Gasteiger partial charge >= 0.3 is 0 Å². The number of rotatable bonds is 5. The molecular formula is C11H17N7OS. The lowest BCUT2D eigenvalue weighted by atomic mass is 10.2. The molecule has 0 saturated heterocycles. The Labute approximate surface area is 120 Å². The molecule has 0 radical (unpaired) electrons. The molecule has 0 aromatic carbocycles. The van der Waals surface area contributed by atoms with Gasteiger partial charge in [-0.05, 0) is 32.3 Å². The lowest BCUT2D eigenvalue weighted by molar-refractivity contribution is 0.0945. The lowest BCUT2D eigenvalue weighted by Crippen LogP contribution is -2.31. The van der Waals surface area contributed by atoms with E-state index in [2.05, 4.69) is 30.2 Å². The number of hydrogen-bond donors (Lipinski definition) is 4. The van der Waals surface area contributed by atoms with E-state index >= 15 is 0 Å². The second kappa shape index (κ2) is 5.87. The van der Waals surface area contributed by atoms with Gasteiger partial charge in [0, 0.05) is 6.04 Å². The zero-order valence-electron chi connectivity index (χ0n) is 11.5. The molecule has 0 aliphatic heterocycles. The van der Waals surface area contributed by atoms with Gasteiger partial charge in [0.1, 0.15) is 22.7 Å². The van der Waals surface area contributed by atoms with Crippen LogP contribution >= 0.6 is 11.5 Å². The van der Waals surface area contributed by atoms with Gasteiger partial charge in [0.05, 0.1) is 6.04 Å². The van der Waals surface area contributed by atoms with Crippen molar-refractivity contribution in [2.24, 2.45) is 0 Å². The third-order valence-electron chi connectivity index (χ3n) is 2.56. The van der Waals surface area contributed by atoms with Gasteiger partial charge in [-0.2, -0.15) is 9.47 Å². The first-order chi connectivity index (χ1) is 9.49. The van der Waals surface area contributed by atoms with E-state index in [9.17, 15) is 4.79 Å². The van der Waals surface area contributed by atoms with Gasteiger partial charge in [-0.15, -0.1) is 0 Å². The van der Waals surface area contributed by atoms with Crippen LogP contribution in [0.25, 0.3) is 0 Å². The van der Waals surface area contributed by atoms with Crippen LogP contribution in [0.2, 0.25) is 0 Å². The van der Waals surface area contributed by atoms with Crippen LogP contribution < -0.4 is 16.4 Å². The highest BCUT2D eigenvalue weighted by Crippen LogP contribution is 2.29. The Bertz CT molecular complexity index is 578. The molecule has 20 heavy (non-hydrogen) atoms. The van der Waals surface area contributed by atoms with E-state index in [1.54, 1.807) is 0 Å². The van der Waals surface area contributed by atoms with Crippen molar-refractivity contribution in [3.63, 3.8) is 0 Å². The number of aromatic nitrogens is 4. The van der Waals surface area contributed by atoms with Gasteiger partial charge in [-0.1, -0.05) is 0 Å². The number of nitrogens with one attached hydrogen (secondary N) is 3. The molecule has 2 aromatic heterocycles. The fraction of sp³-hybridized carbons (Fsp3) is 0.455. The van der Waals surface area contributed by atoms with Crippen LogP contribution in [-0.2, 0) is 0 Å². The highest BCUT2D eigenvalue weighted by Gasteiger charge is 2.21. The van der Waals surface area contributed by atoms with Crippen LogP contribution in [0.15, 0.2) is 6.33 Å². The fourth-order valence-electron chi connectivity index (χ4n) is 1.64. The maximum absolute atomic E-state index is 12.1. The highest BCUT2D eigenvalue weighted by atomic mass is 32.1. The summed E-state index contributed by atoms with van der Waals surface area (Å²) in [4.78, 5) is 16.2. The molecule has 0 fully saturated rings. The molecule has 0 aliphatic carbocycles. The summed E-state index contributed by atoms with van der Waals surface area (Å²) in [6.45, 7) is 5.68. The molecular weight excluding hydrogens is 278 g/mol. The summed E-state index contributed by atoms with van der Waals surface area (Å²) in [6, 6.07) is -0.107. The largest absolute Gasteiger partial charge is 0.382 e. The summed E-state index contributed by atoms with van der Waals surface area (Å²) < 4.78 is 4.03. The summed E-state index contributed by atoms with van der Waals surface area (Å²) in [5.74, 6) is 0.658. The summed E-state index contributed by atoms with van der Waals surface area (Å²) in [7, 11) is 0. The molecule has 1 unspecified atom stereocenters. The summed E-state index contributed by atoms with van der Waals surface area (Å²) in [5.41, 5.74) is 6.15. The number of aromatic amines is 1. The van der Waals surface area contributed by atoms with Crippen LogP contribution in [0.5, 0.6) is 0 Å². The predicted octanol–water partition coefficient (Wildman–Crippen LogP) is 1.15. The number of carbonyl (C=O) groups excluding carboxylic acids is 1. The van der Waals surface area contributed by atoms with E-state index in [1.165, 1.54) is 6.33 Å². The molecule has 108 valence electrons. The van der Waals surface area contributed by atoms with Crippen LogP contribution in [0.3, 0.4) is 0 Å². The number of carbonyl (C=O) groups is 1. The van der Waals surface area contributed by atoms with Crippen molar-refractivity contribution in [2.75, 3.05) is 11.1 Å². The van der Waals surface area contributed by atoms with E-state index in [0.717, 1.165) is 11.5 Å². The zero-order valence-corrected chi connectivity index (χ0v) is 12.3. The van der Waals surface area contributed by atoms with E-state index in [4.69, 9.17) is 5.73 Å². The maximum atomic E-state index is 12.1. The molecule has 5 N–H and O–H groups in total. The molecule has 0 saturated carbocycles. The number of nitrogens with zero attached hydrogens (tertiary/aromatic N) is 3. The average Bonchev–Trinajstić information content (AvgIpc) is 2.98. The summed E-state index contributed by atoms with van der Waals surface area (Å²) in [5, 5.41) is 13.2. The standard InChI is InChI=1S/C11H17N7OS/c1-5(2)15-10(19)7-8(12)18-20-11(7)16-6(3)9-13-4-14-17-9/h4-6,16H,1-3H3,(H2,12,18)(H,15,19)(H,13,14,17). The molecule has 1 amide bonds. The summed E-state index contributed by atoms with van der Waals surface area (Å²) >= 11 is 1.15. The number of anilines is 2. The molecule has 2 rings (SSSR count). The Morgan fingerprint density at radius 3 is 2.80 bits per heavy atom. The predicted molar refractivity (Wildman–Crippen MR) is 77.5 cm³/mol. The molecule has 8 nitrogen and oxygen atoms in total. The molecule has 2 heterocycles. The number of nitrogens with two attached hydrogens (primary N) is 1. The molecule has 0 spiro atoms. The van der Waals surface area contributed by atoms with Gasteiger partial charge in [0.2, 0.25) is 0 Å². The maximum Gasteiger partial charge on any atom is 0.258 e.